The Labute approximate surface area is 192 Å². The number of hydrogen-bond acceptors (Lipinski definition) is 4. The van der Waals surface area contributed by atoms with Gasteiger partial charge in [0.1, 0.15) is 17.7 Å². The van der Waals surface area contributed by atoms with E-state index in [2.05, 4.69) is 15.5 Å². The van der Waals surface area contributed by atoms with Gasteiger partial charge in [0.2, 0.25) is 0 Å². The molecule has 3 aliphatic rings. The van der Waals surface area contributed by atoms with Crippen molar-refractivity contribution in [3.8, 4) is 0 Å². The molecular weight excluding hydrogens is 421 g/mol. The first kappa shape index (κ1) is 21.4. The minimum atomic E-state index is -0.493. The van der Waals surface area contributed by atoms with Gasteiger partial charge in [0.15, 0.2) is 0 Å². The van der Waals surface area contributed by atoms with Crippen molar-refractivity contribution < 1.29 is 18.7 Å². The average Bonchev–Trinajstić information content (AvgIpc) is 3.55. The minimum absolute atomic E-state index is 0.160. The number of rotatable bonds is 6. The van der Waals surface area contributed by atoms with Crippen LogP contribution in [0.5, 0.6) is 0 Å². The molecule has 1 fully saturated rings. The Bertz CT molecular complexity index is 1150. The van der Waals surface area contributed by atoms with Crippen LogP contribution in [0.1, 0.15) is 40.7 Å². The molecule has 0 spiro atoms. The van der Waals surface area contributed by atoms with Crippen molar-refractivity contribution in [2.75, 3.05) is 31.5 Å². The van der Waals surface area contributed by atoms with Crippen LogP contribution in [0.15, 0.2) is 54.6 Å². The standard InChI is InChI=1S/C26H26FN3O3/c27-19-14-17(13-18(15-19)25(31)28-9-12-30-10-3-4-11-30)24-8-7-20(33-24)16-22-21-5-1-2-6-23(21)29-26(22)32/h1-2,5-6,8,13-16,20H,3-4,7,9-12H2,(H,28,31)(H,29,32)/b22-16+. The molecule has 2 aromatic rings. The molecule has 0 aromatic heterocycles. The predicted octanol–water partition coefficient (Wildman–Crippen LogP) is 3.82. The number of anilines is 1. The summed E-state index contributed by atoms with van der Waals surface area (Å²) in [6, 6.07) is 11.8. The van der Waals surface area contributed by atoms with Gasteiger partial charge in [0.25, 0.3) is 11.8 Å². The summed E-state index contributed by atoms with van der Waals surface area (Å²) in [5.74, 6) is -0.444. The Kier molecular flexibility index (Phi) is 5.96. The number of nitrogens with zero attached hydrogens (tertiary/aromatic N) is 1. The third-order valence-electron chi connectivity index (χ3n) is 6.23. The van der Waals surface area contributed by atoms with E-state index >= 15 is 0 Å². The van der Waals surface area contributed by atoms with Gasteiger partial charge in [-0.2, -0.15) is 0 Å². The van der Waals surface area contributed by atoms with Gasteiger partial charge in [0, 0.05) is 47.5 Å². The molecule has 33 heavy (non-hydrogen) atoms. The van der Waals surface area contributed by atoms with Crippen LogP contribution < -0.4 is 10.6 Å². The van der Waals surface area contributed by atoms with Crippen LogP contribution in [-0.4, -0.2) is 49.0 Å². The molecule has 7 heteroatoms. The van der Waals surface area contributed by atoms with Crippen molar-refractivity contribution in [2.24, 2.45) is 0 Å². The molecule has 5 rings (SSSR count). The Morgan fingerprint density at radius 3 is 2.88 bits per heavy atom. The lowest BCUT2D eigenvalue weighted by Crippen LogP contribution is -2.33. The lowest BCUT2D eigenvalue weighted by molar-refractivity contribution is -0.110. The van der Waals surface area contributed by atoms with Crippen molar-refractivity contribution in [1.82, 2.24) is 10.2 Å². The maximum Gasteiger partial charge on any atom is 0.256 e. The molecule has 1 saturated heterocycles. The largest absolute Gasteiger partial charge is 0.486 e. The van der Waals surface area contributed by atoms with Crippen molar-refractivity contribution in [1.29, 1.82) is 0 Å². The van der Waals surface area contributed by atoms with E-state index in [0.717, 1.165) is 30.9 Å². The first-order valence-corrected chi connectivity index (χ1v) is 11.4. The van der Waals surface area contributed by atoms with Gasteiger partial charge in [-0.15, -0.1) is 0 Å². The van der Waals surface area contributed by atoms with Crippen LogP contribution in [-0.2, 0) is 9.53 Å². The number of fused-ring (bicyclic) bond motifs is 1. The van der Waals surface area contributed by atoms with E-state index in [-0.39, 0.29) is 23.5 Å². The number of para-hydroxylation sites is 1. The first-order valence-electron chi connectivity index (χ1n) is 11.4. The SMILES string of the molecule is O=C1Nc2ccccc2/C1=C\C1CC=C(c2cc(F)cc(C(=O)NCCN3CCCC3)c2)O1. The van der Waals surface area contributed by atoms with Crippen molar-refractivity contribution in [3.05, 3.63) is 77.1 Å². The highest BCUT2D eigenvalue weighted by molar-refractivity contribution is 6.31. The summed E-state index contributed by atoms with van der Waals surface area (Å²) in [7, 11) is 0. The zero-order chi connectivity index (χ0) is 22.8. The maximum atomic E-state index is 14.3. The molecule has 0 bridgehead atoms. The van der Waals surface area contributed by atoms with Crippen LogP contribution in [0, 0.1) is 5.82 Å². The van der Waals surface area contributed by atoms with E-state index in [1.54, 1.807) is 12.1 Å². The van der Waals surface area contributed by atoms with Gasteiger partial charge in [-0.25, -0.2) is 4.39 Å². The van der Waals surface area contributed by atoms with Crippen LogP contribution in [0.4, 0.5) is 10.1 Å². The van der Waals surface area contributed by atoms with Crippen LogP contribution in [0.3, 0.4) is 0 Å². The molecule has 1 atom stereocenters. The van der Waals surface area contributed by atoms with E-state index in [1.807, 2.05) is 30.3 Å². The van der Waals surface area contributed by atoms with E-state index < -0.39 is 5.82 Å². The predicted molar refractivity (Wildman–Crippen MR) is 125 cm³/mol. The summed E-state index contributed by atoms with van der Waals surface area (Å²) in [6.45, 7) is 3.46. The van der Waals surface area contributed by atoms with E-state index in [1.165, 1.54) is 25.0 Å². The summed E-state index contributed by atoms with van der Waals surface area (Å²) in [6.07, 6.45) is 6.28. The normalized spacial score (nSPS) is 21.0. The van der Waals surface area contributed by atoms with Crippen molar-refractivity contribution in [2.45, 2.75) is 25.4 Å². The number of amides is 2. The van der Waals surface area contributed by atoms with Crippen molar-refractivity contribution >= 4 is 28.8 Å². The van der Waals surface area contributed by atoms with Crippen molar-refractivity contribution in [3.63, 3.8) is 0 Å². The monoisotopic (exact) mass is 447 g/mol. The average molecular weight is 448 g/mol. The molecule has 0 aliphatic carbocycles. The highest BCUT2D eigenvalue weighted by atomic mass is 19.1. The number of carbonyl (C=O) groups is 2. The van der Waals surface area contributed by atoms with Gasteiger partial charge in [-0.1, -0.05) is 18.2 Å². The number of benzene rings is 2. The molecule has 2 amide bonds. The van der Waals surface area contributed by atoms with Crippen LogP contribution in [0.25, 0.3) is 11.3 Å². The Balaban J connectivity index is 1.25. The number of ether oxygens (including phenoxy) is 1. The second-order valence-corrected chi connectivity index (χ2v) is 8.57. The number of hydrogen-bond donors (Lipinski definition) is 2. The maximum absolute atomic E-state index is 14.3. The van der Waals surface area contributed by atoms with Gasteiger partial charge >= 0.3 is 0 Å². The molecule has 170 valence electrons. The molecule has 3 heterocycles. The molecule has 0 saturated carbocycles. The molecule has 0 radical (unpaired) electrons. The fraction of sp³-hybridized carbons (Fsp3) is 0.308. The molecule has 1 unspecified atom stereocenters. The van der Waals surface area contributed by atoms with Gasteiger partial charge < -0.3 is 20.3 Å². The Morgan fingerprint density at radius 1 is 1.21 bits per heavy atom. The topological polar surface area (TPSA) is 70.7 Å². The number of carbonyl (C=O) groups excluding carboxylic acids is 2. The second kappa shape index (κ2) is 9.19. The fourth-order valence-corrected chi connectivity index (χ4v) is 4.56. The minimum Gasteiger partial charge on any atom is -0.486 e. The van der Waals surface area contributed by atoms with Gasteiger partial charge in [0.05, 0.1) is 0 Å². The quantitative estimate of drug-likeness (QED) is 0.661. The highest BCUT2D eigenvalue weighted by Gasteiger charge is 2.27. The summed E-state index contributed by atoms with van der Waals surface area (Å²) in [5, 5.41) is 5.73. The Morgan fingerprint density at radius 2 is 2.03 bits per heavy atom. The summed E-state index contributed by atoms with van der Waals surface area (Å²) < 4.78 is 20.3. The van der Waals surface area contributed by atoms with E-state index in [0.29, 0.717) is 29.9 Å². The summed E-state index contributed by atoms with van der Waals surface area (Å²) in [5.41, 5.74) is 2.98. The van der Waals surface area contributed by atoms with Crippen LogP contribution in [0.2, 0.25) is 0 Å². The number of likely N-dealkylation sites (tertiary alicyclic amines) is 1. The summed E-state index contributed by atoms with van der Waals surface area (Å²) >= 11 is 0. The molecular formula is C26H26FN3O3. The highest BCUT2D eigenvalue weighted by Crippen LogP contribution is 2.34. The number of halogens is 1. The summed E-state index contributed by atoms with van der Waals surface area (Å²) in [4.78, 5) is 27.2. The van der Waals surface area contributed by atoms with E-state index in [9.17, 15) is 14.0 Å². The molecule has 2 N–H and O–H groups in total. The zero-order valence-corrected chi connectivity index (χ0v) is 18.3. The fourth-order valence-electron chi connectivity index (χ4n) is 4.56. The second-order valence-electron chi connectivity index (χ2n) is 8.57. The first-order chi connectivity index (χ1) is 16.1. The van der Waals surface area contributed by atoms with Gasteiger partial charge in [-0.05, 0) is 62.3 Å². The molecule has 6 nitrogen and oxygen atoms in total. The number of nitrogens with one attached hydrogen (secondary N) is 2. The van der Waals surface area contributed by atoms with Gasteiger partial charge in [-0.3, -0.25) is 9.59 Å². The lowest BCUT2D eigenvalue weighted by atomic mass is 10.0. The zero-order valence-electron chi connectivity index (χ0n) is 18.3. The lowest BCUT2D eigenvalue weighted by Gasteiger charge is -2.15. The smallest absolute Gasteiger partial charge is 0.256 e. The third kappa shape index (κ3) is 4.68. The Hall–Kier alpha value is -3.45. The third-order valence-corrected chi connectivity index (χ3v) is 6.23. The molecule has 2 aromatic carbocycles. The molecule has 3 aliphatic heterocycles. The van der Waals surface area contributed by atoms with E-state index in [4.69, 9.17) is 4.74 Å². The van der Waals surface area contributed by atoms with Crippen LogP contribution >= 0.6 is 0 Å².